The molecule has 0 fully saturated rings. The zero-order valence-electron chi connectivity index (χ0n) is 20.0. The fourth-order valence-corrected chi connectivity index (χ4v) is 4.59. The van der Waals surface area contributed by atoms with Gasteiger partial charge in [-0.05, 0) is 54.6 Å². The molecule has 7 nitrogen and oxygen atoms in total. The van der Waals surface area contributed by atoms with Crippen LogP contribution in [0.1, 0.15) is 22.5 Å². The molecule has 1 amide bonds. The van der Waals surface area contributed by atoms with Gasteiger partial charge in [0.05, 0.1) is 25.8 Å². The first kappa shape index (κ1) is 24.6. The Balaban J connectivity index is 1.33. The van der Waals surface area contributed by atoms with E-state index in [2.05, 4.69) is 0 Å². The molecule has 1 aliphatic rings. The molecule has 0 spiro atoms. The average Bonchev–Trinajstić information content (AvgIpc) is 3.48. The summed E-state index contributed by atoms with van der Waals surface area (Å²) in [6.07, 6.45) is -0.458. The Morgan fingerprint density at radius 3 is 2.43 bits per heavy atom. The summed E-state index contributed by atoms with van der Waals surface area (Å²) >= 11 is 5.95. The van der Waals surface area contributed by atoms with Gasteiger partial charge in [0.15, 0.2) is 22.9 Å². The molecule has 1 atom stereocenters. The molecule has 37 heavy (non-hydrogen) atoms. The zero-order valence-corrected chi connectivity index (χ0v) is 20.8. The van der Waals surface area contributed by atoms with E-state index in [-0.39, 0.29) is 18.9 Å². The highest BCUT2D eigenvalue weighted by molar-refractivity contribution is 6.30. The fourth-order valence-electron chi connectivity index (χ4n) is 4.46. The van der Waals surface area contributed by atoms with Crippen molar-refractivity contribution in [2.24, 2.45) is 0 Å². The molecule has 1 unspecified atom stereocenters. The van der Waals surface area contributed by atoms with Gasteiger partial charge in [0.2, 0.25) is 5.78 Å². The third-order valence-electron chi connectivity index (χ3n) is 6.31. The monoisotopic (exact) mass is 517 g/mol. The van der Waals surface area contributed by atoms with E-state index in [0.29, 0.717) is 33.5 Å². The molecular weight excluding hydrogens is 494 g/mol. The van der Waals surface area contributed by atoms with E-state index in [1.165, 1.54) is 4.90 Å². The fraction of sp³-hybridized carbons (Fsp3) is 0.172. The maximum absolute atomic E-state index is 13.5. The Morgan fingerprint density at radius 2 is 1.68 bits per heavy atom. The lowest BCUT2D eigenvalue weighted by Gasteiger charge is -2.22. The van der Waals surface area contributed by atoms with Crippen molar-refractivity contribution in [3.63, 3.8) is 0 Å². The van der Waals surface area contributed by atoms with Crippen molar-refractivity contribution in [1.29, 1.82) is 0 Å². The molecule has 2 heterocycles. The van der Waals surface area contributed by atoms with E-state index in [9.17, 15) is 14.7 Å². The van der Waals surface area contributed by atoms with Crippen LogP contribution in [-0.4, -0.2) is 37.1 Å². The molecular formula is C29H24ClNO6. The number of ether oxygens (including phenoxy) is 2. The van der Waals surface area contributed by atoms with Crippen LogP contribution >= 0.6 is 11.6 Å². The van der Waals surface area contributed by atoms with E-state index < -0.39 is 23.7 Å². The molecule has 0 saturated carbocycles. The van der Waals surface area contributed by atoms with Crippen LogP contribution in [0.4, 0.5) is 5.69 Å². The van der Waals surface area contributed by atoms with E-state index in [1.54, 1.807) is 79.9 Å². The zero-order chi connectivity index (χ0) is 26.0. The average molecular weight is 518 g/mol. The van der Waals surface area contributed by atoms with Crippen molar-refractivity contribution in [3.8, 4) is 22.8 Å². The molecule has 4 aromatic rings. The quantitative estimate of drug-likeness (QED) is 0.295. The minimum atomic E-state index is -2.02. The van der Waals surface area contributed by atoms with Crippen LogP contribution in [0.2, 0.25) is 5.02 Å². The van der Waals surface area contributed by atoms with Crippen molar-refractivity contribution < 1.29 is 28.6 Å². The summed E-state index contributed by atoms with van der Waals surface area (Å²) in [6.45, 7) is 0.332. The molecule has 1 aromatic heterocycles. The first-order chi connectivity index (χ1) is 17.9. The number of benzene rings is 3. The van der Waals surface area contributed by atoms with Crippen molar-refractivity contribution in [2.75, 3.05) is 25.2 Å². The Kier molecular flexibility index (Phi) is 6.74. The van der Waals surface area contributed by atoms with Crippen molar-refractivity contribution in [3.05, 3.63) is 101 Å². The van der Waals surface area contributed by atoms with Gasteiger partial charge in [0, 0.05) is 16.1 Å². The number of ketones is 1. The molecule has 1 N–H and O–H groups in total. The highest BCUT2D eigenvalue weighted by atomic mass is 35.5. The topological polar surface area (TPSA) is 89.2 Å². The van der Waals surface area contributed by atoms with Crippen molar-refractivity contribution in [2.45, 2.75) is 12.0 Å². The summed E-state index contributed by atoms with van der Waals surface area (Å²) in [4.78, 5) is 28.1. The van der Waals surface area contributed by atoms with Crippen LogP contribution in [0.15, 0.2) is 89.3 Å². The number of amides is 1. The second-order valence-corrected chi connectivity index (χ2v) is 9.04. The smallest absolute Gasteiger partial charge is 0.264 e. The number of Topliss-reactive ketones (excluding diaryl/α,β-unsaturated/α-hetero) is 1. The normalized spacial score (nSPS) is 16.5. The lowest BCUT2D eigenvalue weighted by atomic mass is 9.89. The van der Waals surface area contributed by atoms with Crippen LogP contribution in [-0.2, 0) is 10.4 Å². The second kappa shape index (κ2) is 10.1. The minimum Gasteiger partial charge on any atom is -0.493 e. The third-order valence-corrected chi connectivity index (χ3v) is 6.56. The first-order valence-electron chi connectivity index (χ1n) is 11.7. The summed E-state index contributed by atoms with van der Waals surface area (Å²) < 4.78 is 16.9. The number of rotatable bonds is 9. The number of methoxy groups -OCH3 is 1. The van der Waals surface area contributed by atoms with Gasteiger partial charge in [-0.25, -0.2) is 0 Å². The Labute approximate surface area is 218 Å². The number of aliphatic hydroxyl groups is 1. The number of anilines is 1. The number of furan rings is 1. The number of nitrogens with zero attached hydrogens (tertiary/aromatic N) is 1. The number of hydrogen-bond donors (Lipinski definition) is 1. The largest absolute Gasteiger partial charge is 0.493 e. The molecule has 0 saturated heterocycles. The second-order valence-electron chi connectivity index (χ2n) is 8.60. The van der Waals surface area contributed by atoms with E-state index in [1.807, 2.05) is 12.1 Å². The van der Waals surface area contributed by atoms with Gasteiger partial charge in [-0.15, -0.1) is 0 Å². The van der Waals surface area contributed by atoms with Gasteiger partial charge in [-0.2, -0.15) is 0 Å². The number of carbonyl (C=O) groups excluding carboxylic acids is 2. The van der Waals surface area contributed by atoms with Gasteiger partial charge in [0.25, 0.3) is 5.91 Å². The van der Waals surface area contributed by atoms with E-state index in [4.69, 9.17) is 25.5 Å². The number of carbonyl (C=O) groups is 2. The Hall–Kier alpha value is -4.07. The van der Waals surface area contributed by atoms with E-state index in [0.717, 1.165) is 5.56 Å². The lowest BCUT2D eigenvalue weighted by molar-refractivity contribution is -0.136. The summed E-state index contributed by atoms with van der Waals surface area (Å²) in [6, 6.07) is 24.3. The van der Waals surface area contributed by atoms with Gasteiger partial charge >= 0.3 is 0 Å². The predicted molar refractivity (Wildman–Crippen MR) is 139 cm³/mol. The minimum absolute atomic E-state index is 0.0570. The molecule has 188 valence electrons. The van der Waals surface area contributed by atoms with Gasteiger partial charge < -0.3 is 23.9 Å². The number of halogens is 1. The standard InChI is InChI=1S/C29H24ClNO6/c1-35-26-8-4-5-9-27(26)36-17-16-31-22-7-3-2-6-21(22)29(34,28(31)33)18-23(32)25-15-14-24(37-25)19-10-12-20(30)13-11-19/h2-15,34H,16-18H2,1H3. The predicted octanol–water partition coefficient (Wildman–Crippen LogP) is 5.49. The summed E-state index contributed by atoms with van der Waals surface area (Å²) in [5.41, 5.74) is -0.362. The lowest BCUT2D eigenvalue weighted by Crippen LogP contribution is -2.43. The molecule has 8 heteroatoms. The first-order valence-corrected chi connectivity index (χ1v) is 12.1. The third kappa shape index (κ3) is 4.71. The van der Waals surface area contributed by atoms with Gasteiger partial charge in [-0.3, -0.25) is 9.59 Å². The van der Waals surface area contributed by atoms with Crippen LogP contribution < -0.4 is 14.4 Å². The van der Waals surface area contributed by atoms with E-state index >= 15 is 0 Å². The molecule has 3 aromatic carbocycles. The van der Waals surface area contributed by atoms with Gasteiger partial charge in [-0.1, -0.05) is 41.9 Å². The highest BCUT2D eigenvalue weighted by Crippen LogP contribution is 2.43. The maximum atomic E-state index is 13.5. The molecule has 0 bridgehead atoms. The van der Waals surface area contributed by atoms with Crippen LogP contribution in [0, 0.1) is 0 Å². The summed E-state index contributed by atoms with van der Waals surface area (Å²) in [7, 11) is 1.55. The Bertz CT molecular complexity index is 1450. The number of fused-ring (bicyclic) bond motifs is 1. The van der Waals surface area contributed by atoms with Crippen LogP contribution in [0.25, 0.3) is 11.3 Å². The number of para-hydroxylation sites is 3. The van der Waals surface area contributed by atoms with Gasteiger partial charge in [0.1, 0.15) is 12.4 Å². The molecule has 0 radical (unpaired) electrons. The number of hydrogen-bond acceptors (Lipinski definition) is 6. The van der Waals surface area contributed by atoms with Crippen molar-refractivity contribution in [1.82, 2.24) is 0 Å². The molecule has 5 rings (SSSR count). The van der Waals surface area contributed by atoms with Crippen LogP contribution in [0.3, 0.4) is 0 Å². The van der Waals surface area contributed by atoms with Crippen molar-refractivity contribution >= 4 is 29.0 Å². The Morgan fingerprint density at radius 1 is 0.973 bits per heavy atom. The molecule has 0 aliphatic carbocycles. The summed E-state index contributed by atoms with van der Waals surface area (Å²) in [5.74, 6) is 0.592. The molecule has 1 aliphatic heterocycles. The summed E-state index contributed by atoms with van der Waals surface area (Å²) in [5, 5.41) is 12.1. The SMILES string of the molecule is COc1ccccc1OCCN1C(=O)C(O)(CC(=O)c2ccc(-c3ccc(Cl)cc3)o2)c2ccccc21. The maximum Gasteiger partial charge on any atom is 0.264 e. The highest BCUT2D eigenvalue weighted by Gasteiger charge is 2.51. The van der Waals surface area contributed by atoms with Crippen LogP contribution in [0.5, 0.6) is 11.5 Å².